The third-order valence-electron chi connectivity index (χ3n) is 2.79. The van der Waals surface area contributed by atoms with E-state index in [0.29, 0.717) is 18.4 Å². The van der Waals surface area contributed by atoms with Gasteiger partial charge in [0.15, 0.2) is 0 Å². The summed E-state index contributed by atoms with van der Waals surface area (Å²) in [6.45, 7) is 4.57. The van der Waals surface area contributed by atoms with E-state index in [1.54, 1.807) is 6.92 Å². The predicted octanol–water partition coefficient (Wildman–Crippen LogP) is 0.662. The average molecular weight is 214 g/mol. The van der Waals surface area contributed by atoms with Gasteiger partial charge in [-0.05, 0) is 18.3 Å². The number of carbonyl (C=O) groups excluding carboxylic acids is 1. The summed E-state index contributed by atoms with van der Waals surface area (Å²) in [5.41, 5.74) is 0. The van der Waals surface area contributed by atoms with Crippen molar-refractivity contribution in [1.29, 1.82) is 0 Å². The molecular formula is C10H18N2O3. The Morgan fingerprint density at radius 3 is 2.53 bits per heavy atom. The second kappa shape index (κ2) is 5.00. The van der Waals surface area contributed by atoms with Crippen LogP contribution in [0.1, 0.15) is 20.3 Å². The van der Waals surface area contributed by atoms with Crippen LogP contribution < -0.4 is 10.6 Å². The highest BCUT2D eigenvalue weighted by molar-refractivity contribution is 5.75. The van der Waals surface area contributed by atoms with Crippen molar-refractivity contribution in [3.63, 3.8) is 0 Å². The minimum atomic E-state index is -0.897. The molecule has 3 atom stereocenters. The van der Waals surface area contributed by atoms with E-state index in [1.807, 2.05) is 0 Å². The molecule has 1 rings (SSSR count). The normalized spacial score (nSPS) is 25.5. The summed E-state index contributed by atoms with van der Waals surface area (Å²) in [6.07, 6.45) is 1.17. The largest absolute Gasteiger partial charge is 0.481 e. The Balaban J connectivity index is 2.05. The predicted molar refractivity (Wildman–Crippen MR) is 55.5 cm³/mol. The highest BCUT2D eigenvalue weighted by Gasteiger charge is 2.32. The second-order valence-electron chi connectivity index (χ2n) is 4.30. The summed E-state index contributed by atoms with van der Waals surface area (Å²) in [4.78, 5) is 21.7. The number of carbonyl (C=O) groups is 2. The number of rotatable bonds is 5. The standard InChI is InChI=1S/C10H18N2O3/c1-6-3-8(6)5-12-10(15)11-4-7(2)9(13)14/h6-8H,3-5H2,1-2H3,(H,13,14)(H2,11,12,15). The monoisotopic (exact) mass is 214 g/mol. The molecule has 0 aromatic rings. The van der Waals surface area contributed by atoms with Gasteiger partial charge in [0, 0.05) is 13.1 Å². The SMILES string of the molecule is CC(CNC(=O)NCC1CC1C)C(=O)O. The van der Waals surface area contributed by atoms with Gasteiger partial charge in [0.2, 0.25) is 0 Å². The Hall–Kier alpha value is -1.26. The summed E-state index contributed by atoms with van der Waals surface area (Å²) in [6, 6.07) is -0.276. The van der Waals surface area contributed by atoms with Crippen LogP contribution in [-0.2, 0) is 4.79 Å². The molecule has 3 N–H and O–H groups in total. The molecular weight excluding hydrogens is 196 g/mol. The van der Waals surface area contributed by atoms with Crippen LogP contribution in [-0.4, -0.2) is 30.2 Å². The zero-order valence-corrected chi connectivity index (χ0v) is 9.12. The van der Waals surface area contributed by atoms with Crippen molar-refractivity contribution in [2.24, 2.45) is 17.8 Å². The van der Waals surface area contributed by atoms with Crippen LogP contribution in [0.3, 0.4) is 0 Å². The highest BCUT2D eigenvalue weighted by Crippen LogP contribution is 2.36. The maximum Gasteiger partial charge on any atom is 0.314 e. The van der Waals surface area contributed by atoms with E-state index < -0.39 is 11.9 Å². The molecule has 0 spiro atoms. The number of hydrogen-bond acceptors (Lipinski definition) is 2. The van der Waals surface area contributed by atoms with Gasteiger partial charge in [0.25, 0.3) is 0 Å². The van der Waals surface area contributed by atoms with Gasteiger partial charge in [0.1, 0.15) is 0 Å². The highest BCUT2D eigenvalue weighted by atomic mass is 16.4. The first kappa shape index (κ1) is 11.8. The van der Waals surface area contributed by atoms with E-state index in [-0.39, 0.29) is 12.6 Å². The summed E-state index contributed by atoms with van der Waals surface area (Å²) < 4.78 is 0. The van der Waals surface area contributed by atoms with Gasteiger partial charge in [-0.25, -0.2) is 4.79 Å². The lowest BCUT2D eigenvalue weighted by molar-refractivity contribution is -0.140. The van der Waals surface area contributed by atoms with Crippen molar-refractivity contribution in [2.45, 2.75) is 20.3 Å². The maximum absolute atomic E-state index is 11.2. The lowest BCUT2D eigenvalue weighted by atomic mass is 10.2. The third-order valence-corrected chi connectivity index (χ3v) is 2.79. The molecule has 3 unspecified atom stereocenters. The fraction of sp³-hybridized carbons (Fsp3) is 0.800. The van der Waals surface area contributed by atoms with Gasteiger partial charge >= 0.3 is 12.0 Å². The number of carboxylic acids is 1. The topological polar surface area (TPSA) is 78.4 Å². The van der Waals surface area contributed by atoms with Crippen molar-refractivity contribution in [3.05, 3.63) is 0 Å². The molecule has 0 saturated heterocycles. The Labute approximate surface area is 89.2 Å². The van der Waals surface area contributed by atoms with Crippen LogP contribution in [0.5, 0.6) is 0 Å². The first-order valence-corrected chi connectivity index (χ1v) is 5.25. The van der Waals surface area contributed by atoms with Crippen molar-refractivity contribution in [3.8, 4) is 0 Å². The van der Waals surface area contributed by atoms with Crippen LogP contribution >= 0.6 is 0 Å². The summed E-state index contributed by atoms with van der Waals surface area (Å²) in [5.74, 6) is -0.127. The Bertz CT molecular complexity index is 255. The van der Waals surface area contributed by atoms with Crippen LogP contribution in [0.15, 0.2) is 0 Å². The zero-order valence-electron chi connectivity index (χ0n) is 9.12. The number of carboxylic acid groups (broad SMARTS) is 1. The van der Waals surface area contributed by atoms with Gasteiger partial charge in [-0.15, -0.1) is 0 Å². The van der Waals surface area contributed by atoms with Gasteiger partial charge in [-0.3, -0.25) is 4.79 Å². The summed E-state index contributed by atoms with van der Waals surface area (Å²) in [5, 5.41) is 13.8. The molecule has 1 aliphatic carbocycles. The first-order valence-electron chi connectivity index (χ1n) is 5.25. The molecule has 1 aliphatic rings. The van der Waals surface area contributed by atoms with Crippen LogP contribution in [0, 0.1) is 17.8 Å². The van der Waals surface area contributed by atoms with Crippen LogP contribution in [0.4, 0.5) is 4.79 Å². The van der Waals surface area contributed by atoms with Crippen molar-refractivity contribution >= 4 is 12.0 Å². The number of urea groups is 1. The average Bonchev–Trinajstić information content (AvgIpc) is 2.87. The van der Waals surface area contributed by atoms with Gasteiger partial charge in [-0.1, -0.05) is 13.8 Å². The van der Waals surface area contributed by atoms with E-state index in [0.717, 1.165) is 0 Å². The fourth-order valence-corrected chi connectivity index (χ4v) is 1.30. The smallest absolute Gasteiger partial charge is 0.314 e. The number of hydrogen-bond donors (Lipinski definition) is 3. The summed E-state index contributed by atoms with van der Waals surface area (Å²) >= 11 is 0. The van der Waals surface area contributed by atoms with Gasteiger partial charge in [0.05, 0.1) is 5.92 Å². The molecule has 0 radical (unpaired) electrons. The second-order valence-corrected chi connectivity index (χ2v) is 4.30. The molecule has 15 heavy (non-hydrogen) atoms. The van der Waals surface area contributed by atoms with Gasteiger partial charge in [-0.2, -0.15) is 0 Å². The minimum absolute atomic E-state index is 0.168. The fourth-order valence-electron chi connectivity index (χ4n) is 1.30. The van der Waals surface area contributed by atoms with E-state index in [1.165, 1.54) is 6.42 Å². The maximum atomic E-state index is 11.2. The Morgan fingerprint density at radius 1 is 1.47 bits per heavy atom. The van der Waals surface area contributed by atoms with Crippen molar-refractivity contribution in [1.82, 2.24) is 10.6 Å². The number of nitrogens with one attached hydrogen (secondary N) is 2. The van der Waals surface area contributed by atoms with E-state index in [4.69, 9.17) is 5.11 Å². The molecule has 86 valence electrons. The van der Waals surface area contributed by atoms with Crippen LogP contribution in [0.25, 0.3) is 0 Å². The van der Waals surface area contributed by atoms with Gasteiger partial charge < -0.3 is 15.7 Å². The van der Waals surface area contributed by atoms with E-state index in [9.17, 15) is 9.59 Å². The lowest BCUT2D eigenvalue weighted by Gasteiger charge is -2.09. The molecule has 1 saturated carbocycles. The molecule has 0 heterocycles. The molecule has 0 aromatic carbocycles. The Kier molecular flexibility index (Phi) is 3.94. The third kappa shape index (κ3) is 4.18. The van der Waals surface area contributed by atoms with E-state index in [2.05, 4.69) is 17.6 Å². The molecule has 5 heteroatoms. The minimum Gasteiger partial charge on any atom is -0.481 e. The zero-order chi connectivity index (χ0) is 11.4. The molecule has 0 bridgehead atoms. The number of aliphatic carboxylic acids is 1. The molecule has 1 fully saturated rings. The number of amides is 2. The Morgan fingerprint density at radius 2 is 2.07 bits per heavy atom. The lowest BCUT2D eigenvalue weighted by Crippen LogP contribution is -2.40. The first-order chi connectivity index (χ1) is 7.00. The molecule has 0 aromatic heterocycles. The molecule has 5 nitrogen and oxygen atoms in total. The van der Waals surface area contributed by atoms with Crippen LogP contribution in [0.2, 0.25) is 0 Å². The summed E-state index contributed by atoms with van der Waals surface area (Å²) in [7, 11) is 0. The quantitative estimate of drug-likeness (QED) is 0.629. The van der Waals surface area contributed by atoms with Crippen molar-refractivity contribution < 1.29 is 14.7 Å². The molecule has 2 amide bonds. The van der Waals surface area contributed by atoms with Crippen molar-refractivity contribution in [2.75, 3.05) is 13.1 Å². The molecule has 0 aliphatic heterocycles. The van der Waals surface area contributed by atoms with E-state index >= 15 is 0 Å².